The molecule has 0 bridgehead atoms. The fraction of sp³-hybridized carbons (Fsp3) is 0. The lowest BCUT2D eigenvalue weighted by Crippen LogP contribution is -2.00. The van der Waals surface area contributed by atoms with E-state index in [0.29, 0.717) is 17.5 Å². The van der Waals surface area contributed by atoms with Gasteiger partial charge in [0.05, 0.1) is 0 Å². The third kappa shape index (κ3) is 4.09. The Morgan fingerprint density at radius 1 is 0.362 bits per heavy atom. The SMILES string of the molecule is c1ccc(-c2nc(-c3ccccc3)nc(-c3cccc(-c4ccc5c6ccccc6c6c7ccccc7cc7sc4c5c76)c3)n2)cc1. The second-order valence-corrected chi connectivity index (χ2v) is 13.0. The molecule has 0 radical (unpaired) electrons. The van der Waals surface area contributed by atoms with E-state index in [9.17, 15) is 0 Å². The minimum Gasteiger partial charge on any atom is -0.208 e. The van der Waals surface area contributed by atoms with E-state index in [-0.39, 0.29) is 0 Å². The molecule has 10 rings (SSSR count). The fourth-order valence-corrected chi connectivity index (χ4v) is 8.45. The number of thiophene rings is 1. The molecule has 0 saturated heterocycles. The number of hydrogen-bond acceptors (Lipinski definition) is 4. The highest BCUT2D eigenvalue weighted by Gasteiger charge is 2.21. The predicted octanol–water partition coefficient (Wildman–Crippen LogP) is 11.8. The van der Waals surface area contributed by atoms with Gasteiger partial charge in [-0.2, -0.15) is 0 Å². The normalized spacial score (nSPS) is 11.8. The molecular weight excluding hydrogens is 591 g/mol. The molecule has 10 aromatic rings. The van der Waals surface area contributed by atoms with Crippen LogP contribution in [-0.4, -0.2) is 15.0 Å². The van der Waals surface area contributed by atoms with Gasteiger partial charge in [-0.15, -0.1) is 11.3 Å². The van der Waals surface area contributed by atoms with Crippen molar-refractivity contribution in [1.82, 2.24) is 15.0 Å². The first-order chi connectivity index (χ1) is 23.3. The van der Waals surface area contributed by atoms with Gasteiger partial charge in [0, 0.05) is 36.9 Å². The molecule has 3 nitrogen and oxygen atoms in total. The van der Waals surface area contributed by atoms with Crippen LogP contribution in [0.1, 0.15) is 0 Å². The van der Waals surface area contributed by atoms with E-state index in [0.717, 1.165) is 22.3 Å². The van der Waals surface area contributed by atoms with E-state index in [1.165, 1.54) is 58.1 Å². The van der Waals surface area contributed by atoms with E-state index < -0.39 is 0 Å². The van der Waals surface area contributed by atoms with Crippen molar-refractivity contribution >= 4 is 63.8 Å². The van der Waals surface area contributed by atoms with Crippen molar-refractivity contribution in [2.75, 3.05) is 0 Å². The maximum Gasteiger partial charge on any atom is 0.164 e. The minimum absolute atomic E-state index is 0.660. The standard InChI is InChI=1S/C43H25N3S/c1-3-12-26(13-4-1)41-44-42(27-14-5-2-6-15-27)46-43(45-41)30-18-11-17-28(24-30)32-22-23-35-33-20-9-10-21-34(33)37-31-19-8-7-16-29(31)25-36-39(37)38(35)40(32)47-36/h1-25H. The lowest BCUT2D eigenvalue weighted by atomic mass is 9.89. The van der Waals surface area contributed by atoms with E-state index in [1.54, 1.807) is 0 Å². The third-order valence-electron chi connectivity index (χ3n) is 9.25. The second-order valence-electron chi connectivity index (χ2n) is 12.0. The van der Waals surface area contributed by atoms with Gasteiger partial charge in [-0.1, -0.05) is 140 Å². The van der Waals surface area contributed by atoms with Gasteiger partial charge >= 0.3 is 0 Å². The lowest BCUT2D eigenvalue weighted by molar-refractivity contribution is 1.07. The van der Waals surface area contributed by atoms with Crippen LogP contribution in [0, 0.1) is 0 Å². The minimum atomic E-state index is 0.660. The Balaban J connectivity index is 1.21. The van der Waals surface area contributed by atoms with E-state index in [2.05, 4.69) is 91.0 Å². The average molecular weight is 616 g/mol. The van der Waals surface area contributed by atoms with Crippen molar-refractivity contribution in [3.8, 4) is 45.3 Å². The van der Waals surface area contributed by atoms with Crippen molar-refractivity contribution < 1.29 is 0 Å². The largest absolute Gasteiger partial charge is 0.208 e. The predicted molar refractivity (Wildman–Crippen MR) is 198 cm³/mol. The molecule has 8 aromatic carbocycles. The quantitative estimate of drug-likeness (QED) is 0.185. The Labute approximate surface area is 274 Å². The third-order valence-corrected chi connectivity index (χ3v) is 10.4. The summed E-state index contributed by atoms with van der Waals surface area (Å²) in [7, 11) is 0. The monoisotopic (exact) mass is 615 g/mol. The summed E-state index contributed by atoms with van der Waals surface area (Å²) in [6.07, 6.45) is 0. The summed E-state index contributed by atoms with van der Waals surface area (Å²) in [5.41, 5.74) is 5.26. The Morgan fingerprint density at radius 3 is 1.64 bits per heavy atom. The molecule has 218 valence electrons. The summed E-state index contributed by atoms with van der Waals surface area (Å²) in [6, 6.07) is 53.6. The molecule has 0 unspecified atom stereocenters. The van der Waals surface area contributed by atoms with Crippen LogP contribution in [0.4, 0.5) is 0 Å². The summed E-state index contributed by atoms with van der Waals surface area (Å²) in [4.78, 5) is 14.9. The smallest absolute Gasteiger partial charge is 0.164 e. The molecule has 0 atom stereocenters. The molecule has 2 heterocycles. The summed E-state index contributed by atoms with van der Waals surface area (Å²) < 4.78 is 2.64. The average Bonchev–Trinajstić information content (AvgIpc) is 3.53. The van der Waals surface area contributed by atoms with Gasteiger partial charge in [-0.25, -0.2) is 15.0 Å². The molecule has 0 saturated carbocycles. The van der Waals surface area contributed by atoms with Crippen LogP contribution in [0.25, 0.3) is 97.8 Å². The van der Waals surface area contributed by atoms with Crippen LogP contribution >= 0.6 is 11.3 Å². The van der Waals surface area contributed by atoms with Crippen LogP contribution in [0.2, 0.25) is 0 Å². The van der Waals surface area contributed by atoms with Gasteiger partial charge in [0.15, 0.2) is 17.5 Å². The fourth-order valence-electron chi connectivity index (χ4n) is 7.13. The Morgan fingerprint density at radius 2 is 0.915 bits per heavy atom. The van der Waals surface area contributed by atoms with Crippen LogP contribution < -0.4 is 0 Å². The zero-order valence-electron chi connectivity index (χ0n) is 25.2. The molecule has 0 aliphatic carbocycles. The number of benzene rings is 8. The van der Waals surface area contributed by atoms with Crippen molar-refractivity contribution in [2.45, 2.75) is 0 Å². The van der Waals surface area contributed by atoms with Gasteiger partial charge in [-0.05, 0) is 55.6 Å². The maximum atomic E-state index is 5.00. The molecule has 0 aliphatic heterocycles. The molecule has 0 N–H and O–H groups in total. The molecular formula is C43H25N3S. The van der Waals surface area contributed by atoms with Gasteiger partial charge in [-0.3, -0.25) is 0 Å². The Hall–Kier alpha value is -5.97. The zero-order valence-corrected chi connectivity index (χ0v) is 26.0. The first-order valence-corrected chi connectivity index (χ1v) is 16.6. The highest BCUT2D eigenvalue weighted by Crippen LogP contribution is 2.50. The topological polar surface area (TPSA) is 38.7 Å². The summed E-state index contributed by atoms with van der Waals surface area (Å²) >= 11 is 1.90. The Kier molecular flexibility index (Phi) is 5.74. The number of rotatable bonds is 4. The van der Waals surface area contributed by atoms with Crippen molar-refractivity contribution in [1.29, 1.82) is 0 Å². The van der Waals surface area contributed by atoms with Crippen LogP contribution in [0.3, 0.4) is 0 Å². The van der Waals surface area contributed by atoms with Crippen LogP contribution in [0.5, 0.6) is 0 Å². The highest BCUT2D eigenvalue weighted by molar-refractivity contribution is 7.26. The van der Waals surface area contributed by atoms with E-state index in [4.69, 9.17) is 15.0 Å². The highest BCUT2D eigenvalue weighted by atomic mass is 32.1. The molecule has 0 fully saturated rings. The molecule has 4 heteroatoms. The number of fused-ring (bicyclic) bond motifs is 5. The van der Waals surface area contributed by atoms with Crippen LogP contribution in [0.15, 0.2) is 152 Å². The van der Waals surface area contributed by atoms with E-state index in [1.807, 2.05) is 72.0 Å². The van der Waals surface area contributed by atoms with Crippen molar-refractivity contribution in [2.24, 2.45) is 0 Å². The zero-order chi connectivity index (χ0) is 30.9. The van der Waals surface area contributed by atoms with Gasteiger partial charge in [0.2, 0.25) is 0 Å². The molecule has 0 spiro atoms. The summed E-state index contributed by atoms with van der Waals surface area (Å²) in [5.74, 6) is 1.99. The first kappa shape index (κ1) is 26.3. The number of aromatic nitrogens is 3. The molecule has 0 amide bonds. The molecule has 47 heavy (non-hydrogen) atoms. The summed E-state index contributed by atoms with van der Waals surface area (Å²) in [5, 5.41) is 10.6. The molecule has 2 aromatic heterocycles. The number of nitrogens with zero attached hydrogens (tertiary/aromatic N) is 3. The lowest BCUT2D eigenvalue weighted by Gasteiger charge is -2.13. The van der Waals surface area contributed by atoms with Crippen molar-refractivity contribution in [3.05, 3.63) is 152 Å². The van der Waals surface area contributed by atoms with E-state index >= 15 is 0 Å². The summed E-state index contributed by atoms with van der Waals surface area (Å²) in [6.45, 7) is 0. The number of hydrogen-bond donors (Lipinski definition) is 0. The maximum absolute atomic E-state index is 5.00. The van der Waals surface area contributed by atoms with Gasteiger partial charge in [0.25, 0.3) is 0 Å². The first-order valence-electron chi connectivity index (χ1n) is 15.8. The van der Waals surface area contributed by atoms with Gasteiger partial charge in [0.1, 0.15) is 0 Å². The van der Waals surface area contributed by atoms with Crippen LogP contribution in [-0.2, 0) is 0 Å². The van der Waals surface area contributed by atoms with Crippen molar-refractivity contribution in [3.63, 3.8) is 0 Å². The van der Waals surface area contributed by atoms with Gasteiger partial charge < -0.3 is 0 Å². The molecule has 0 aliphatic rings. The second kappa shape index (κ2) is 10.3. The Bertz CT molecular complexity index is 2730.